The third-order valence-corrected chi connectivity index (χ3v) is 4.61. The van der Waals surface area contributed by atoms with E-state index in [2.05, 4.69) is 32.2 Å². The van der Waals surface area contributed by atoms with Gasteiger partial charge in [-0.25, -0.2) is 0 Å². The molecule has 1 aromatic carbocycles. The van der Waals surface area contributed by atoms with Crippen LogP contribution in [0.2, 0.25) is 5.02 Å². The zero-order valence-electron chi connectivity index (χ0n) is 13.0. The summed E-state index contributed by atoms with van der Waals surface area (Å²) in [5.41, 5.74) is 2.37. The minimum absolute atomic E-state index is 0.499. The molecule has 21 heavy (non-hydrogen) atoms. The Morgan fingerprint density at radius 1 is 1.24 bits per heavy atom. The largest absolute Gasteiger partial charge is 0.487 e. The molecule has 2 nitrogen and oxygen atoms in total. The molecule has 4 heteroatoms. The fraction of sp³-hybridized carbons (Fsp3) is 0.412. The third kappa shape index (κ3) is 4.73. The number of aryl methyl sites for hydroxylation is 2. The molecule has 0 unspecified atom stereocenters. The minimum atomic E-state index is 0.499. The van der Waals surface area contributed by atoms with Gasteiger partial charge in [0.25, 0.3) is 0 Å². The second-order valence-corrected chi connectivity index (χ2v) is 7.30. The third-order valence-electron chi connectivity index (χ3n) is 3.23. The van der Waals surface area contributed by atoms with Gasteiger partial charge in [0.2, 0.25) is 0 Å². The Balaban J connectivity index is 1.99. The summed E-state index contributed by atoms with van der Waals surface area (Å²) in [5.74, 6) is 0.745. The van der Waals surface area contributed by atoms with Crippen molar-refractivity contribution < 1.29 is 4.74 Å². The molecule has 0 spiro atoms. The maximum absolute atomic E-state index is 6.19. The van der Waals surface area contributed by atoms with Crippen LogP contribution in [0.25, 0.3) is 0 Å². The van der Waals surface area contributed by atoms with E-state index in [0.29, 0.717) is 17.7 Å². The molecule has 0 aliphatic rings. The summed E-state index contributed by atoms with van der Waals surface area (Å²) < 4.78 is 5.85. The Morgan fingerprint density at radius 2 is 2.00 bits per heavy atom. The first-order valence-electron chi connectivity index (χ1n) is 7.16. The Labute approximate surface area is 136 Å². The van der Waals surface area contributed by atoms with Crippen molar-refractivity contribution in [2.24, 2.45) is 0 Å². The summed E-state index contributed by atoms with van der Waals surface area (Å²) in [4.78, 5) is 2.65. The maximum Gasteiger partial charge on any atom is 0.138 e. The van der Waals surface area contributed by atoms with Crippen LogP contribution in [0.3, 0.4) is 0 Å². The molecule has 1 aromatic heterocycles. The van der Waals surface area contributed by atoms with Crippen LogP contribution in [-0.2, 0) is 13.2 Å². The lowest BCUT2D eigenvalue weighted by atomic mass is 10.2. The van der Waals surface area contributed by atoms with Gasteiger partial charge in [0.15, 0.2) is 0 Å². The topological polar surface area (TPSA) is 21.3 Å². The highest BCUT2D eigenvalue weighted by Gasteiger charge is 2.08. The molecule has 114 valence electrons. The first-order valence-corrected chi connectivity index (χ1v) is 8.35. The lowest BCUT2D eigenvalue weighted by molar-refractivity contribution is 0.306. The average Bonchev–Trinajstić information content (AvgIpc) is 2.76. The highest BCUT2D eigenvalue weighted by molar-refractivity contribution is 7.12. The van der Waals surface area contributed by atoms with Gasteiger partial charge in [-0.2, -0.15) is 0 Å². The molecule has 0 atom stereocenters. The van der Waals surface area contributed by atoms with Crippen LogP contribution >= 0.6 is 22.9 Å². The normalized spacial score (nSPS) is 11.1. The van der Waals surface area contributed by atoms with Gasteiger partial charge in [0.05, 0.1) is 5.02 Å². The molecule has 2 aromatic rings. The Morgan fingerprint density at radius 3 is 2.67 bits per heavy atom. The van der Waals surface area contributed by atoms with Crippen LogP contribution < -0.4 is 10.1 Å². The van der Waals surface area contributed by atoms with Crippen molar-refractivity contribution in [3.05, 3.63) is 50.2 Å². The predicted octanol–water partition coefficient (Wildman–Crippen LogP) is 5.10. The summed E-state index contributed by atoms with van der Waals surface area (Å²) >= 11 is 8.02. The summed E-state index contributed by atoms with van der Waals surface area (Å²) in [6, 6.07) is 8.59. The van der Waals surface area contributed by atoms with Gasteiger partial charge in [0.1, 0.15) is 12.4 Å². The summed E-state index contributed by atoms with van der Waals surface area (Å²) in [6.45, 7) is 9.95. The molecular weight excluding hydrogens is 302 g/mol. The van der Waals surface area contributed by atoms with Crippen LogP contribution in [0, 0.1) is 13.8 Å². The SMILES string of the molecule is Cc1ccc(OCc2cc(CNC(C)C)sc2C)c(Cl)c1. The molecule has 0 fully saturated rings. The zero-order valence-corrected chi connectivity index (χ0v) is 14.6. The summed E-state index contributed by atoms with van der Waals surface area (Å²) in [5, 5.41) is 4.11. The van der Waals surface area contributed by atoms with E-state index in [-0.39, 0.29) is 0 Å². The molecule has 0 saturated carbocycles. The van der Waals surface area contributed by atoms with Crippen molar-refractivity contribution in [1.29, 1.82) is 0 Å². The number of rotatable bonds is 6. The predicted molar refractivity (Wildman–Crippen MR) is 91.6 cm³/mol. The fourth-order valence-corrected chi connectivity index (χ4v) is 3.29. The van der Waals surface area contributed by atoms with Gasteiger partial charge in [0, 0.05) is 27.9 Å². The van der Waals surface area contributed by atoms with Crippen molar-refractivity contribution in [3.8, 4) is 5.75 Å². The zero-order chi connectivity index (χ0) is 15.4. The van der Waals surface area contributed by atoms with E-state index < -0.39 is 0 Å². The molecule has 1 heterocycles. The second-order valence-electron chi connectivity index (χ2n) is 5.55. The van der Waals surface area contributed by atoms with Crippen LogP contribution in [0.1, 0.15) is 34.7 Å². The minimum Gasteiger partial charge on any atom is -0.487 e. The van der Waals surface area contributed by atoms with Gasteiger partial charge in [-0.05, 0) is 37.6 Å². The molecule has 2 rings (SSSR count). The van der Waals surface area contributed by atoms with Gasteiger partial charge in [-0.15, -0.1) is 11.3 Å². The van der Waals surface area contributed by atoms with Crippen molar-refractivity contribution >= 4 is 22.9 Å². The van der Waals surface area contributed by atoms with Crippen molar-refractivity contribution in [3.63, 3.8) is 0 Å². The number of benzene rings is 1. The van der Waals surface area contributed by atoms with E-state index in [1.165, 1.54) is 15.3 Å². The lowest BCUT2D eigenvalue weighted by Gasteiger charge is -2.08. The van der Waals surface area contributed by atoms with E-state index >= 15 is 0 Å². The Kier molecular flexibility index (Phi) is 5.68. The van der Waals surface area contributed by atoms with E-state index in [9.17, 15) is 0 Å². The molecule has 0 bridgehead atoms. The monoisotopic (exact) mass is 323 g/mol. The quantitative estimate of drug-likeness (QED) is 0.799. The van der Waals surface area contributed by atoms with Gasteiger partial charge < -0.3 is 10.1 Å². The molecule has 0 amide bonds. The first-order chi connectivity index (χ1) is 9.95. The van der Waals surface area contributed by atoms with Crippen LogP contribution in [-0.4, -0.2) is 6.04 Å². The number of hydrogen-bond acceptors (Lipinski definition) is 3. The molecule has 0 aliphatic heterocycles. The van der Waals surface area contributed by atoms with Crippen LogP contribution in [0.4, 0.5) is 0 Å². The molecule has 0 saturated heterocycles. The first kappa shape index (κ1) is 16.3. The number of nitrogens with one attached hydrogen (secondary N) is 1. The number of halogens is 1. The number of thiophene rings is 1. The summed E-state index contributed by atoms with van der Waals surface area (Å²) in [7, 11) is 0. The highest BCUT2D eigenvalue weighted by atomic mass is 35.5. The van der Waals surface area contributed by atoms with E-state index in [0.717, 1.165) is 17.9 Å². The molecule has 1 N–H and O–H groups in total. The molecule has 0 aliphatic carbocycles. The number of ether oxygens (including phenoxy) is 1. The van der Waals surface area contributed by atoms with Crippen molar-refractivity contribution in [1.82, 2.24) is 5.32 Å². The standard InChI is InChI=1S/C17H22ClNOS/c1-11(2)19-9-15-8-14(13(4)21-15)10-20-17-6-5-12(3)7-16(17)18/h5-8,11,19H,9-10H2,1-4H3. The molecule has 0 radical (unpaired) electrons. The lowest BCUT2D eigenvalue weighted by Crippen LogP contribution is -2.21. The van der Waals surface area contributed by atoms with Crippen LogP contribution in [0.5, 0.6) is 5.75 Å². The average molecular weight is 324 g/mol. The fourth-order valence-electron chi connectivity index (χ4n) is 2.00. The second kappa shape index (κ2) is 7.30. The maximum atomic E-state index is 6.19. The van der Waals surface area contributed by atoms with Crippen molar-refractivity contribution in [2.75, 3.05) is 0 Å². The van der Waals surface area contributed by atoms with Gasteiger partial charge >= 0.3 is 0 Å². The van der Waals surface area contributed by atoms with Gasteiger partial charge in [-0.3, -0.25) is 0 Å². The van der Waals surface area contributed by atoms with Crippen LogP contribution in [0.15, 0.2) is 24.3 Å². The summed E-state index contributed by atoms with van der Waals surface area (Å²) in [6.07, 6.45) is 0. The van der Waals surface area contributed by atoms with Crippen molar-refractivity contribution in [2.45, 2.75) is 46.9 Å². The van der Waals surface area contributed by atoms with E-state index in [1.807, 2.05) is 36.5 Å². The highest BCUT2D eigenvalue weighted by Crippen LogP contribution is 2.28. The van der Waals surface area contributed by atoms with E-state index in [1.54, 1.807) is 0 Å². The number of hydrogen-bond donors (Lipinski definition) is 1. The smallest absolute Gasteiger partial charge is 0.138 e. The Hall–Kier alpha value is -1.03. The Bertz CT molecular complexity index is 607. The van der Waals surface area contributed by atoms with Gasteiger partial charge in [-0.1, -0.05) is 31.5 Å². The molecular formula is C17H22ClNOS. The van der Waals surface area contributed by atoms with E-state index in [4.69, 9.17) is 16.3 Å².